The fourth-order valence-electron chi connectivity index (χ4n) is 2.07. The molecule has 0 aromatic carbocycles. The van der Waals surface area contributed by atoms with E-state index in [1.165, 1.54) is 0 Å². The molecular formula is C11H19N3O. The van der Waals surface area contributed by atoms with Gasteiger partial charge in [-0.2, -0.15) is 0 Å². The molecule has 0 aromatic heterocycles. The summed E-state index contributed by atoms with van der Waals surface area (Å²) in [5.74, 6) is 0.406. The second-order valence-electron chi connectivity index (χ2n) is 4.21. The number of hydrazine groups is 1. The molecule has 2 heterocycles. The molecular weight excluding hydrogens is 190 g/mol. The molecule has 0 bridgehead atoms. The third-order valence-corrected chi connectivity index (χ3v) is 3.04. The summed E-state index contributed by atoms with van der Waals surface area (Å²) >= 11 is 0. The van der Waals surface area contributed by atoms with Crippen molar-refractivity contribution in [2.75, 3.05) is 26.2 Å². The minimum atomic E-state index is 0.201. The van der Waals surface area contributed by atoms with Gasteiger partial charge in [-0.25, -0.2) is 5.01 Å². The van der Waals surface area contributed by atoms with Crippen molar-refractivity contribution in [3.63, 3.8) is 0 Å². The van der Waals surface area contributed by atoms with Crippen molar-refractivity contribution in [3.8, 4) is 0 Å². The van der Waals surface area contributed by atoms with Crippen LogP contribution in [-0.2, 0) is 4.79 Å². The normalized spacial score (nSPS) is 24.0. The Morgan fingerprint density at radius 1 is 1.33 bits per heavy atom. The predicted molar refractivity (Wildman–Crippen MR) is 59.1 cm³/mol. The van der Waals surface area contributed by atoms with Gasteiger partial charge in [0, 0.05) is 19.0 Å². The van der Waals surface area contributed by atoms with E-state index in [9.17, 15) is 4.79 Å². The van der Waals surface area contributed by atoms with E-state index in [-0.39, 0.29) is 11.8 Å². The number of nitrogens with one attached hydrogen (secondary N) is 2. The topological polar surface area (TPSA) is 44.4 Å². The summed E-state index contributed by atoms with van der Waals surface area (Å²) in [5, 5.41) is 5.27. The molecule has 2 rings (SSSR count). The van der Waals surface area contributed by atoms with Crippen molar-refractivity contribution in [1.29, 1.82) is 0 Å². The van der Waals surface area contributed by atoms with Gasteiger partial charge >= 0.3 is 0 Å². The molecule has 0 radical (unpaired) electrons. The van der Waals surface area contributed by atoms with Crippen molar-refractivity contribution in [3.05, 3.63) is 12.2 Å². The Labute approximate surface area is 90.7 Å². The predicted octanol–water partition coefficient (Wildman–Crippen LogP) is 0.279. The molecule has 0 unspecified atom stereocenters. The third kappa shape index (κ3) is 3.04. The Hall–Kier alpha value is -0.870. The van der Waals surface area contributed by atoms with Gasteiger partial charge in [-0.3, -0.25) is 10.2 Å². The molecule has 0 saturated carbocycles. The monoisotopic (exact) mass is 209 g/mol. The van der Waals surface area contributed by atoms with Gasteiger partial charge in [0.05, 0.1) is 0 Å². The first-order chi connectivity index (χ1) is 7.36. The van der Waals surface area contributed by atoms with Crippen LogP contribution in [0.3, 0.4) is 0 Å². The largest absolute Gasteiger partial charge is 0.317 e. The van der Waals surface area contributed by atoms with Gasteiger partial charge in [0.15, 0.2) is 0 Å². The van der Waals surface area contributed by atoms with Gasteiger partial charge in [0.25, 0.3) is 0 Å². The second-order valence-corrected chi connectivity index (χ2v) is 4.21. The molecule has 0 aromatic rings. The van der Waals surface area contributed by atoms with Crippen molar-refractivity contribution >= 4 is 5.91 Å². The number of nitrogens with zero attached hydrogens (tertiary/aromatic N) is 1. The highest BCUT2D eigenvalue weighted by molar-refractivity contribution is 5.78. The molecule has 2 aliphatic rings. The summed E-state index contributed by atoms with van der Waals surface area (Å²) in [6.45, 7) is 3.72. The fraction of sp³-hybridized carbons (Fsp3) is 0.727. The number of carbonyl (C=O) groups excluding carboxylic acids is 1. The zero-order valence-corrected chi connectivity index (χ0v) is 9.04. The molecule has 0 aliphatic carbocycles. The number of rotatable bonds is 2. The van der Waals surface area contributed by atoms with E-state index in [0.29, 0.717) is 0 Å². The molecule has 4 nitrogen and oxygen atoms in total. The van der Waals surface area contributed by atoms with Crippen LogP contribution in [0.2, 0.25) is 0 Å². The quantitative estimate of drug-likeness (QED) is 0.642. The summed E-state index contributed by atoms with van der Waals surface area (Å²) < 4.78 is 0. The molecule has 0 atom stereocenters. The van der Waals surface area contributed by atoms with Gasteiger partial charge in [0.1, 0.15) is 0 Å². The molecule has 0 spiro atoms. The van der Waals surface area contributed by atoms with Crippen LogP contribution < -0.4 is 10.7 Å². The van der Waals surface area contributed by atoms with Gasteiger partial charge in [-0.05, 0) is 32.4 Å². The average molecular weight is 209 g/mol. The molecule has 15 heavy (non-hydrogen) atoms. The molecule has 84 valence electrons. The van der Waals surface area contributed by atoms with Crippen LogP contribution in [0, 0.1) is 5.92 Å². The highest BCUT2D eigenvalue weighted by Crippen LogP contribution is 2.11. The maximum atomic E-state index is 11.9. The Balaban J connectivity index is 1.77. The zero-order valence-electron chi connectivity index (χ0n) is 9.04. The van der Waals surface area contributed by atoms with Crippen LogP contribution in [0.25, 0.3) is 0 Å². The van der Waals surface area contributed by atoms with Gasteiger partial charge in [-0.15, -0.1) is 0 Å². The molecule has 4 heteroatoms. The number of hydrogen-bond donors (Lipinski definition) is 2. The standard InChI is InChI=1S/C11H19N3O/c15-11(10-4-6-12-7-5-10)13-14-8-2-1-3-9-14/h1-2,10,12H,3-9H2,(H,13,15). The maximum Gasteiger partial charge on any atom is 0.237 e. The van der Waals surface area contributed by atoms with Crippen molar-refractivity contribution in [2.45, 2.75) is 19.3 Å². The highest BCUT2D eigenvalue weighted by Gasteiger charge is 2.22. The minimum absolute atomic E-state index is 0.201. The van der Waals surface area contributed by atoms with E-state index in [1.807, 2.05) is 5.01 Å². The van der Waals surface area contributed by atoms with Crippen LogP contribution in [0.5, 0.6) is 0 Å². The van der Waals surface area contributed by atoms with Gasteiger partial charge < -0.3 is 5.32 Å². The lowest BCUT2D eigenvalue weighted by Crippen LogP contribution is -2.48. The third-order valence-electron chi connectivity index (χ3n) is 3.04. The van der Waals surface area contributed by atoms with Crippen LogP contribution in [0.15, 0.2) is 12.2 Å². The number of hydrogen-bond acceptors (Lipinski definition) is 3. The first kappa shape index (κ1) is 10.6. The SMILES string of the molecule is O=C(NN1CC=CCC1)C1CCNCC1. The van der Waals surface area contributed by atoms with Crippen molar-refractivity contribution in [1.82, 2.24) is 15.8 Å². The van der Waals surface area contributed by atoms with Crippen LogP contribution >= 0.6 is 0 Å². The summed E-state index contributed by atoms with van der Waals surface area (Å²) in [6.07, 6.45) is 7.23. The lowest BCUT2D eigenvalue weighted by molar-refractivity contribution is -0.130. The van der Waals surface area contributed by atoms with E-state index < -0.39 is 0 Å². The fourth-order valence-corrected chi connectivity index (χ4v) is 2.07. The average Bonchev–Trinajstić information content (AvgIpc) is 2.31. The summed E-state index contributed by atoms with van der Waals surface area (Å²) in [5.41, 5.74) is 3.00. The lowest BCUT2D eigenvalue weighted by atomic mass is 9.98. The first-order valence-electron chi connectivity index (χ1n) is 5.77. The van der Waals surface area contributed by atoms with Crippen molar-refractivity contribution in [2.24, 2.45) is 5.92 Å². The molecule has 1 saturated heterocycles. The van der Waals surface area contributed by atoms with E-state index >= 15 is 0 Å². The zero-order chi connectivity index (χ0) is 10.5. The van der Waals surface area contributed by atoms with E-state index in [2.05, 4.69) is 22.9 Å². The second kappa shape index (κ2) is 5.28. The highest BCUT2D eigenvalue weighted by atomic mass is 16.2. The van der Waals surface area contributed by atoms with E-state index in [1.54, 1.807) is 0 Å². The molecule has 2 aliphatic heterocycles. The van der Waals surface area contributed by atoms with Gasteiger partial charge in [-0.1, -0.05) is 12.2 Å². The van der Waals surface area contributed by atoms with Crippen LogP contribution in [-0.4, -0.2) is 37.1 Å². The molecule has 1 amide bonds. The lowest BCUT2D eigenvalue weighted by Gasteiger charge is -2.28. The minimum Gasteiger partial charge on any atom is -0.317 e. The van der Waals surface area contributed by atoms with E-state index in [4.69, 9.17) is 0 Å². The Bertz CT molecular complexity index is 246. The van der Waals surface area contributed by atoms with Crippen molar-refractivity contribution < 1.29 is 4.79 Å². The maximum absolute atomic E-state index is 11.9. The van der Waals surface area contributed by atoms with Crippen LogP contribution in [0.4, 0.5) is 0 Å². The number of amides is 1. The Morgan fingerprint density at radius 2 is 2.13 bits per heavy atom. The summed E-state index contributed by atoms with van der Waals surface area (Å²) in [4.78, 5) is 11.9. The summed E-state index contributed by atoms with van der Waals surface area (Å²) in [6, 6.07) is 0. The number of piperidine rings is 1. The van der Waals surface area contributed by atoms with Gasteiger partial charge in [0.2, 0.25) is 5.91 Å². The van der Waals surface area contributed by atoms with Crippen LogP contribution in [0.1, 0.15) is 19.3 Å². The Morgan fingerprint density at radius 3 is 2.80 bits per heavy atom. The number of carbonyl (C=O) groups is 1. The smallest absolute Gasteiger partial charge is 0.237 e. The molecule has 2 N–H and O–H groups in total. The molecule has 1 fully saturated rings. The van der Waals surface area contributed by atoms with E-state index in [0.717, 1.165) is 45.4 Å². The summed E-state index contributed by atoms with van der Waals surface area (Å²) in [7, 11) is 0. The first-order valence-corrected chi connectivity index (χ1v) is 5.77. The Kier molecular flexibility index (Phi) is 3.75.